The van der Waals surface area contributed by atoms with E-state index in [1.54, 1.807) is 34.9 Å². The molecule has 13 nitrogen and oxygen atoms in total. The van der Waals surface area contributed by atoms with E-state index in [1.807, 2.05) is 0 Å². The van der Waals surface area contributed by atoms with Crippen molar-refractivity contribution in [3.05, 3.63) is 43.0 Å². The molecule has 0 radical (unpaired) electrons. The number of imidazole rings is 1. The summed E-state index contributed by atoms with van der Waals surface area (Å²) >= 11 is 0. The summed E-state index contributed by atoms with van der Waals surface area (Å²) < 4.78 is 25.7. The molecule has 0 saturated carbocycles. The Morgan fingerprint density at radius 1 is 1.36 bits per heavy atom. The highest BCUT2D eigenvalue weighted by atomic mass is 31.1. The van der Waals surface area contributed by atoms with Crippen molar-refractivity contribution in [2.24, 2.45) is 0 Å². The fourth-order valence-corrected chi connectivity index (χ4v) is 4.34. The Kier molecular flexibility index (Phi) is 6.86. The summed E-state index contributed by atoms with van der Waals surface area (Å²) in [5, 5.41) is 19.8. The highest BCUT2D eigenvalue weighted by Crippen LogP contribution is 2.36. The van der Waals surface area contributed by atoms with E-state index in [-0.39, 0.29) is 18.8 Å². The molecule has 3 aromatic rings. The number of hydrogen-bond donors (Lipinski definition) is 3. The molecule has 0 amide bonds. The van der Waals surface area contributed by atoms with Crippen LogP contribution in [-0.2, 0) is 18.6 Å². The molecule has 1 saturated heterocycles. The van der Waals surface area contributed by atoms with E-state index in [9.17, 15) is 19.6 Å². The number of nitrogen functional groups attached to an aromatic ring is 1. The number of carbonyl (C=O) groups is 1. The van der Waals surface area contributed by atoms with Gasteiger partial charge in [-0.05, 0) is 19.1 Å². The number of aliphatic carboxylic acids is 1. The van der Waals surface area contributed by atoms with Crippen molar-refractivity contribution >= 4 is 31.1 Å². The number of aliphatic hydroxyl groups excluding tert-OH is 1. The lowest BCUT2D eigenvalue weighted by Gasteiger charge is -2.25. The standard InChI is InChI=1S/C19H23N6O7P/c1-11(19(27)28)25(32-12-5-3-2-4-6-12)33(29)30-8-14-13(26)7-15(31-14)24-10-23-16-17(20)21-9-22-18(16)24/h2-6,9-11,13-15,26,33H,7-8H2,1H3,(H,27,28)(H2,20,21,22)/t11?,13-,14+,15+/m1/s1. The molecule has 0 bridgehead atoms. The number of rotatable bonds is 9. The number of nitrogens with two attached hydrogens (primary N) is 1. The molecule has 1 aliphatic rings. The Hall–Kier alpha value is -3.09. The summed E-state index contributed by atoms with van der Waals surface area (Å²) in [6, 6.07) is 7.09. The minimum Gasteiger partial charge on any atom is -0.480 e. The average Bonchev–Trinajstić information content (AvgIpc) is 3.40. The van der Waals surface area contributed by atoms with Gasteiger partial charge in [0.1, 0.15) is 36.0 Å². The lowest BCUT2D eigenvalue weighted by Crippen LogP contribution is -2.37. The van der Waals surface area contributed by atoms with E-state index in [0.29, 0.717) is 16.9 Å². The molecule has 1 aliphatic heterocycles. The van der Waals surface area contributed by atoms with Gasteiger partial charge >= 0.3 is 5.97 Å². The molecule has 1 aromatic carbocycles. The molecule has 2 unspecified atom stereocenters. The van der Waals surface area contributed by atoms with Crippen molar-refractivity contribution in [2.45, 2.75) is 37.8 Å². The second-order valence-corrected chi connectivity index (χ2v) is 8.60. The first-order chi connectivity index (χ1) is 15.8. The summed E-state index contributed by atoms with van der Waals surface area (Å²) in [6.45, 7) is 1.08. The fourth-order valence-electron chi connectivity index (χ4n) is 3.30. The van der Waals surface area contributed by atoms with Gasteiger partial charge in [-0.2, -0.15) is 0 Å². The second kappa shape index (κ2) is 9.81. The number of ether oxygens (including phenoxy) is 1. The van der Waals surface area contributed by atoms with Crippen molar-refractivity contribution in [2.75, 3.05) is 12.3 Å². The van der Waals surface area contributed by atoms with E-state index >= 15 is 0 Å². The van der Waals surface area contributed by atoms with Crippen LogP contribution in [0.1, 0.15) is 19.6 Å². The lowest BCUT2D eigenvalue weighted by molar-refractivity contribution is -0.148. The maximum Gasteiger partial charge on any atom is 0.324 e. The third-order valence-corrected chi connectivity index (χ3v) is 6.36. The van der Waals surface area contributed by atoms with Crippen LogP contribution in [0, 0.1) is 0 Å². The topological polar surface area (TPSA) is 175 Å². The molecule has 33 heavy (non-hydrogen) atoms. The van der Waals surface area contributed by atoms with Gasteiger partial charge in [-0.25, -0.2) is 15.0 Å². The van der Waals surface area contributed by atoms with E-state index in [2.05, 4.69) is 15.0 Å². The third-order valence-electron chi connectivity index (χ3n) is 5.11. The second-order valence-electron chi connectivity index (χ2n) is 7.34. The number of aliphatic hydroxyl groups is 1. The van der Waals surface area contributed by atoms with Crippen LogP contribution >= 0.6 is 8.18 Å². The molecule has 4 N–H and O–H groups in total. The Labute approximate surface area is 188 Å². The summed E-state index contributed by atoms with van der Waals surface area (Å²) in [5.74, 6) is -0.710. The molecule has 4 rings (SSSR count). The quantitative estimate of drug-likeness (QED) is 0.297. The average molecular weight is 478 g/mol. The summed E-state index contributed by atoms with van der Waals surface area (Å²) in [7, 11) is -3.16. The monoisotopic (exact) mass is 478 g/mol. The number of para-hydroxylation sites is 1. The van der Waals surface area contributed by atoms with Crippen molar-refractivity contribution < 1.29 is 33.7 Å². The lowest BCUT2D eigenvalue weighted by atomic mass is 10.2. The van der Waals surface area contributed by atoms with Gasteiger partial charge in [0.05, 0.1) is 19.0 Å². The number of fused-ring (bicyclic) bond motifs is 1. The zero-order chi connectivity index (χ0) is 23.5. The zero-order valence-electron chi connectivity index (χ0n) is 17.5. The Bertz CT molecular complexity index is 1150. The molecule has 0 aliphatic carbocycles. The van der Waals surface area contributed by atoms with Crippen LogP contribution in [0.4, 0.5) is 5.82 Å². The highest BCUT2D eigenvalue weighted by Gasteiger charge is 2.37. The zero-order valence-corrected chi connectivity index (χ0v) is 18.5. The van der Waals surface area contributed by atoms with Gasteiger partial charge in [0, 0.05) is 6.42 Å². The van der Waals surface area contributed by atoms with Crippen molar-refractivity contribution in [1.29, 1.82) is 0 Å². The first-order valence-corrected chi connectivity index (χ1v) is 11.3. The van der Waals surface area contributed by atoms with Crippen LogP contribution in [0.2, 0.25) is 0 Å². The molecular weight excluding hydrogens is 455 g/mol. The van der Waals surface area contributed by atoms with Gasteiger partial charge in [0.2, 0.25) is 0 Å². The van der Waals surface area contributed by atoms with Gasteiger partial charge < -0.3 is 30.0 Å². The number of benzene rings is 1. The largest absolute Gasteiger partial charge is 0.480 e. The molecule has 176 valence electrons. The first-order valence-electron chi connectivity index (χ1n) is 10.0. The minimum absolute atomic E-state index is 0.208. The maximum atomic E-state index is 12.8. The Morgan fingerprint density at radius 3 is 2.85 bits per heavy atom. The third kappa shape index (κ3) is 4.97. The van der Waals surface area contributed by atoms with E-state index in [0.717, 1.165) is 4.83 Å². The van der Waals surface area contributed by atoms with Crippen LogP contribution in [0.3, 0.4) is 0 Å². The number of carboxylic acid groups (broad SMARTS) is 1. The van der Waals surface area contributed by atoms with Crippen LogP contribution in [0.15, 0.2) is 43.0 Å². The fraction of sp³-hybridized carbons (Fsp3) is 0.368. The van der Waals surface area contributed by atoms with Gasteiger partial charge in [-0.3, -0.25) is 13.9 Å². The van der Waals surface area contributed by atoms with Gasteiger partial charge in [0.25, 0.3) is 8.18 Å². The Morgan fingerprint density at radius 2 is 2.12 bits per heavy atom. The van der Waals surface area contributed by atoms with Crippen LogP contribution in [0.5, 0.6) is 5.75 Å². The van der Waals surface area contributed by atoms with Gasteiger partial charge in [0.15, 0.2) is 11.5 Å². The van der Waals surface area contributed by atoms with Gasteiger partial charge in [-0.15, -0.1) is 0 Å². The first kappa shape index (κ1) is 23.1. The van der Waals surface area contributed by atoms with E-state index in [4.69, 9.17) is 19.8 Å². The normalized spacial score (nSPS) is 22.5. The Balaban J connectivity index is 1.42. The number of aromatic nitrogens is 4. The van der Waals surface area contributed by atoms with E-state index < -0.39 is 38.6 Å². The SMILES string of the molecule is CC(C(=O)O)N(Oc1ccccc1)[PH](=O)OC[C@@H]1O[C@H](n2cnc3c(N)ncnc32)C[C@H]1O. The molecule has 3 heterocycles. The predicted octanol–water partition coefficient (Wildman–Crippen LogP) is 1.23. The maximum absolute atomic E-state index is 12.8. The number of carboxylic acids is 1. The number of hydrogen-bond acceptors (Lipinski definition) is 10. The van der Waals surface area contributed by atoms with Crippen LogP contribution in [0.25, 0.3) is 11.2 Å². The minimum atomic E-state index is -3.16. The molecule has 14 heteroatoms. The molecule has 5 atom stereocenters. The summed E-state index contributed by atoms with van der Waals surface area (Å²) in [5.41, 5.74) is 6.67. The number of nitrogens with zero attached hydrogens (tertiary/aromatic N) is 5. The molecule has 1 fully saturated rings. The van der Waals surface area contributed by atoms with Crippen molar-refractivity contribution in [3.8, 4) is 5.75 Å². The summed E-state index contributed by atoms with van der Waals surface area (Å²) in [4.78, 5) is 30.0. The molecule has 2 aromatic heterocycles. The smallest absolute Gasteiger partial charge is 0.324 e. The molecular formula is C19H23N6O7P. The highest BCUT2D eigenvalue weighted by molar-refractivity contribution is 7.36. The van der Waals surface area contributed by atoms with E-state index in [1.165, 1.54) is 19.6 Å². The summed E-state index contributed by atoms with van der Waals surface area (Å²) in [6.07, 6.45) is 0.646. The predicted molar refractivity (Wildman–Crippen MR) is 115 cm³/mol. The number of anilines is 1. The van der Waals surface area contributed by atoms with Crippen LogP contribution < -0.4 is 10.6 Å². The van der Waals surface area contributed by atoms with Crippen molar-refractivity contribution in [3.63, 3.8) is 0 Å². The number of hydroxylamine groups is 1. The van der Waals surface area contributed by atoms with Gasteiger partial charge in [-0.1, -0.05) is 23.0 Å². The van der Waals surface area contributed by atoms with Crippen LogP contribution in [-0.4, -0.2) is 65.4 Å². The van der Waals surface area contributed by atoms with Crippen molar-refractivity contribution in [1.82, 2.24) is 24.4 Å². The molecule has 0 spiro atoms.